The number of thiophene rings is 1. The molecule has 0 amide bonds. The summed E-state index contributed by atoms with van der Waals surface area (Å²) < 4.78 is 7.70. The third-order valence-corrected chi connectivity index (χ3v) is 11.1. The lowest BCUT2D eigenvalue weighted by Crippen LogP contribution is -2.43. The zero-order valence-corrected chi connectivity index (χ0v) is 25.3. The molecule has 7 aromatic rings. The van der Waals surface area contributed by atoms with E-state index in [0.29, 0.717) is 0 Å². The highest BCUT2D eigenvalue weighted by Crippen LogP contribution is 2.45. The molecule has 9 rings (SSSR count). The minimum Gasteiger partial charge on any atom is -0.198 e. The highest BCUT2D eigenvalue weighted by Gasteiger charge is 2.37. The number of rotatable bonds is 2. The predicted octanol–water partition coefficient (Wildman–Crippen LogP) is 9.02. The van der Waals surface area contributed by atoms with Crippen LogP contribution in [0.4, 0.5) is 0 Å². The van der Waals surface area contributed by atoms with Crippen molar-refractivity contribution >= 4 is 54.4 Å². The molecule has 43 heavy (non-hydrogen) atoms. The lowest BCUT2D eigenvalue weighted by atomic mass is 9.79. The lowest BCUT2D eigenvalue weighted by Gasteiger charge is -2.27. The summed E-state index contributed by atoms with van der Waals surface area (Å²) >= 11 is 1.89. The van der Waals surface area contributed by atoms with Crippen molar-refractivity contribution in [3.05, 3.63) is 131 Å². The summed E-state index contributed by atoms with van der Waals surface area (Å²) in [6.45, 7) is 6.73. The van der Waals surface area contributed by atoms with Crippen molar-refractivity contribution in [1.82, 2.24) is 0 Å². The van der Waals surface area contributed by atoms with E-state index in [1.807, 2.05) is 11.3 Å². The van der Waals surface area contributed by atoms with Crippen LogP contribution < -0.4 is 9.13 Å². The molecule has 0 bridgehead atoms. The monoisotopic (exact) mass is 572 g/mol. The van der Waals surface area contributed by atoms with E-state index < -0.39 is 0 Å². The largest absolute Gasteiger partial charge is 0.221 e. The number of nitrogens with zero attached hydrogens (tertiary/aromatic N) is 2. The summed E-state index contributed by atoms with van der Waals surface area (Å²) in [7, 11) is 0. The first-order valence-corrected chi connectivity index (χ1v) is 16.2. The topological polar surface area (TPSA) is 7.76 Å². The van der Waals surface area contributed by atoms with Gasteiger partial charge in [0, 0.05) is 56.1 Å². The zero-order chi connectivity index (χ0) is 28.7. The van der Waals surface area contributed by atoms with Gasteiger partial charge in [-0.15, -0.1) is 11.3 Å². The number of pyridine rings is 2. The normalized spacial score (nSPS) is 13.8. The summed E-state index contributed by atoms with van der Waals surface area (Å²) in [4.78, 5) is 0. The van der Waals surface area contributed by atoms with Gasteiger partial charge in [0.25, 0.3) is 0 Å². The van der Waals surface area contributed by atoms with E-state index >= 15 is 0 Å². The van der Waals surface area contributed by atoms with Gasteiger partial charge in [-0.1, -0.05) is 60.7 Å². The molecule has 0 fully saturated rings. The molecule has 2 nitrogen and oxygen atoms in total. The highest BCUT2D eigenvalue weighted by atomic mass is 32.1. The number of fused-ring (bicyclic) bond motifs is 12. The maximum atomic E-state index is 2.54. The van der Waals surface area contributed by atoms with E-state index in [1.165, 1.54) is 86.8 Å². The van der Waals surface area contributed by atoms with Crippen LogP contribution in [0.25, 0.3) is 65.6 Å². The van der Waals surface area contributed by atoms with Gasteiger partial charge in [0.1, 0.15) is 0 Å². The van der Waals surface area contributed by atoms with E-state index in [0.717, 1.165) is 25.9 Å². The van der Waals surface area contributed by atoms with Crippen LogP contribution in [0.1, 0.15) is 33.4 Å². The summed E-state index contributed by atoms with van der Waals surface area (Å²) in [6.07, 6.45) is 11.5. The van der Waals surface area contributed by atoms with Crippen molar-refractivity contribution in [2.24, 2.45) is 0 Å². The molecule has 2 aliphatic rings. The first-order valence-electron chi connectivity index (χ1n) is 15.3. The zero-order valence-electron chi connectivity index (χ0n) is 24.5. The Hall–Kier alpha value is -4.60. The van der Waals surface area contributed by atoms with E-state index in [4.69, 9.17) is 0 Å². The van der Waals surface area contributed by atoms with Gasteiger partial charge < -0.3 is 0 Å². The van der Waals surface area contributed by atoms with E-state index in [9.17, 15) is 0 Å². The van der Waals surface area contributed by atoms with Crippen LogP contribution in [0, 0.1) is 13.8 Å². The van der Waals surface area contributed by atoms with Crippen LogP contribution in [0.5, 0.6) is 0 Å². The van der Waals surface area contributed by atoms with E-state index in [1.54, 1.807) is 0 Å². The molecule has 0 spiro atoms. The molecule has 0 unspecified atom stereocenters. The molecule has 3 aromatic heterocycles. The van der Waals surface area contributed by atoms with Crippen molar-refractivity contribution < 1.29 is 9.13 Å². The van der Waals surface area contributed by atoms with Gasteiger partial charge in [-0.2, -0.15) is 9.13 Å². The molecule has 0 saturated heterocycles. The number of aromatic nitrogens is 2. The van der Waals surface area contributed by atoms with Gasteiger partial charge in [0.2, 0.25) is 11.4 Å². The van der Waals surface area contributed by atoms with Gasteiger partial charge in [-0.3, -0.25) is 0 Å². The predicted molar refractivity (Wildman–Crippen MR) is 180 cm³/mol. The van der Waals surface area contributed by atoms with Crippen molar-refractivity contribution in [3.63, 3.8) is 0 Å². The maximum Gasteiger partial charge on any atom is 0.221 e. The van der Waals surface area contributed by atoms with Crippen LogP contribution in [-0.4, -0.2) is 0 Å². The fourth-order valence-electron chi connectivity index (χ4n) is 7.73. The molecule has 2 aliphatic heterocycles. The molecule has 206 valence electrons. The minimum absolute atomic E-state index is 0.994. The van der Waals surface area contributed by atoms with E-state index in [2.05, 4.69) is 132 Å². The minimum atomic E-state index is 0.994. The van der Waals surface area contributed by atoms with Crippen molar-refractivity contribution in [2.45, 2.75) is 39.8 Å². The van der Waals surface area contributed by atoms with Gasteiger partial charge in [0.15, 0.2) is 25.5 Å². The Morgan fingerprint density at radius 2 is 1.28 bits per heavy atom. The second-order valence-electron chi connectivity index (χ2n) is 12.1. The Kier molecular flexibility index (Phi) is 5.48. The second-order valence-corrected chi connectivity index (χ2v) is 13.1. The summed E-state index contributed by atoms with van der Waals surface area (Å²) in [5.74, 6) is 0. The van der Waals surface area contributed by atoms with E-state index in [-0.39, 0.29) is 0 Å². The number of hydrogen-bond donors (Lipinski definition) is 0. The van der Waals surface area contributed by atoms with Crippen LogP contribution in [0.3, 0.4) is 0 Å². The molecule has 0 saturated carbocycles. The smallest absolute Gasteiger partial charge is 0.198 e. The first kappa shape index (κ1) is 24.9. The van der Waals surface area contributed by atoms with Crippen LogP contribution >= 0.6 is 11.3 Å². The van der Waals surface area contributed by atoms with Crippen molar-refractivity contribution in [1.29, 1.82) is 0 Å². The molecule has 3 heteroatoms. The Balaban J connectivity index is 1.27. The molecular formula is C40H32N2S+2. The van der Waals surface area contributed by atoms with Gasteiger partial charge in [-0.25, -0.2) is 0 Å². The summed E-state index contributed by atoms with van der Waals surface area (Å²) in [6, 6.07) is 31.2. The standard InChI is InChI=1S/C40H32N2S/c1-25-26(2)30-20-23-42-24-28(18-17-27-10-9-14-34-32-12-5-6-16-36(32)43-40(27)34)31-11-3-4-13-33(31)39(42)38(30)37-29(25)19-22-41-21-8-7-15-35(37)41/h3-18,21,24H,19-20,22-23H2,1-2H3/q+2. The molecule has 4 aromatic carbocycles. The molecular weight excluding hydrogens is 541 g/mol. The van der Waals surface area contributed by atoms with Crippen molar-refractivity contribution in [2.75, 3.05) is 0 Å². The average molecular weight is 573 g/mol. The van der Waals surface area contributed by atoms with Gasteiger partial charge >= 0.3 is 0 Å². The lowest BCUT2D eigenvalue weighted by molar-refractivity contribution is -0.689. The van der Waals surface area contributed by atoms with Crippen LogP contribution in [0.15, 0.2) is 97.3 Å². The second kappa shape index (κ2) is 9.45. The molecule has 5 heterocycles. The molecule has 0 radical (unpaired) electrons. The van der Waals surface area contributed by atoms with Crippen molar-refractivity contribution in [3.8, 4) is 22.5 Å². The first-order chi connectivity index (χ1) is 21.2. The SMILES string of the molecule is Cc1c(C)c2c(c3c1CC[n+]1ccccc1-3)-c1c3ccccc3c(C=Cc3cccc4c3sc3ccccc34)c[n+]1CC2. The van der Waals surface area contributed by atoms with Gasteiger partial charge in [0.05, 0.1) is 16.5 Å². The third kappa shape index (κ3) is 3.64. The Morgan fingerprint density at radius 3 is 2.14 bits per heavy atom. The Bertz CT molecular complexity index is 2320. The fourth-order valence-corrected chi connectivity index (χ4v) is 8.92. The van der Waals surface area contributed by atoms with Crippen LogP contribution in [-0.2, 0) is 25.9 Å². The maximum absolute atomic E-state index is 2.54. The molecule has 0 aliphatic carbocycles. The molecule has 0 atom stereocenters. The summed E-state index contributed by atoms with van der Waals surface area (Å²) in [5, 5.41) is 5.34. The average Bonchev–Trinajstić information content (AvgIpc) is 3.44. The number of aryl methyl sites for hydroxylation is 2. The third-order valence-electron chi connectivity index (χ3n) is 9.91. The quantitative estimate of drug-likeness (QED) is 0.183. The Morgan fingerprint density at radius 1 is 0.605 bits per heavy atom. The highest BCUT2D eigenvalue weighted by molar-refractivity contribution is 7.26. The summed E-state index contributed by atoms with van der Waals surface area (Å²) in [5.41, 5.74) is 14.2. The Labute approximate surface area is 255 Å². The molecule has 0 N–H and O–H groups in total. The number of benzene rings is 4. The number of hydrogen-bond acceptors (Lipinski definition) is 1. The fraction of sp³-hybridized carbons (Fsp3) is 0.150. The van der Waals surface area contributed by atoms with Crippen LogP contribution in [0.2, 0.25) is 0 Å². The van der Waals surface area contributed by atoms with Gasteiger partial charge in [-0.05, 0) is 65.9 Å².